The summed E-state index contributed by atoms with van der Waals surface area (Å²) in [4.78, 5) is 32.6. The Bertz CT molecular complexity index is 215. The molecule has 5 nitrogen and oxygen atoms in total. The maximum atomic E-state index is 10.9. The molecular formula is C9H14O5. The summed E-state index contributed by atoms with van der Waals surface area (Å²) in [5.74, 6) is -1.66. The van der Waals surface area contributed by atoms with Crippen LogP contribution in [0.2, 0.25) is 0 Å². The van der Waals surface area contributed by atoms with Crippen molar-refractivity contribution in [3.63, 3.8) is 0 Å². The van der Waals surface area contributed by atoms with Gasteiger partial charge in [-0.2, -0.15) is 0 Å². The van der Waals surface area contributed by atoms with E-state index in [1.807, 2.05) is 0 Å². The zero-order chi connectivity index (χ0) is 11.1. The van der Waals surface area contributed by atoms with Crippen LogP contribution in [0.1, 0.15) is 33.6 Å². The van der Waals surface area contributed by atoms with Gasteiger partial charge in [0.1, 0.15) is 0 Å². The Morgan fingerprint density at radius 1 is 1.00 bits per heavy atom. The Morgan fingerprint density at radius 2 is 1.36 bits per heavy atom. The topological polar surface area (TPSA) is 69.7 Å². The zero-order valence-electron chi connectivity index (χ0n) is 8.53. The van der Waals surface area contributed by atoms with Gasteiger partial charge >= 0.3 is 18.2 Å². The quantitative estimate of drug-likeness (QED) is 0.487. The highest BCUT2D eigenvalue weighted by Crippen LogP contribution is 2.01. The van der Waals surface area contributed by atoms with Crippen LogP contribution in [-0.2, 0) is 23.9 Å². The molecule has 0 spiro atoms. The van der Waals surface area contributed by atoms with Crippen molar-refractivity contribution in [2.45, 2.75) is 39.9 Å². The average Bonchev–Trinajstić information content (AvgIpc) is 2.16. The predicted octanol–water partition coefficient (Wildman–Crippen LogP) is 0.808. The Balaban J connectivity index is 4.23. The lowest BCUT2D eigenvalue weighted by atomic mass is 10.4. The van der Waals surface area contributed by atoms with Gasteiger partial charge in [0.2, 0.25) is 5.78 Å². The molecule has 0 heterocycles. The molecule has 0 N–H and O–H groups in total. The SMILES string of the molecule is CCC(=O)OC(OC(=O)CC)C(C)=O. The third-order valence-electron chi connectivity index (χ3n) is 1.39. The second-order valence-corrected chi connectivity index (χ2v) is 2.63. The predicted molar refractivity (Wildman–Crippen MR) is 47.2 cm³/mol. The van der Waals surface area contributed by atoms with Crippen LogP contribution in [0.4, 0.5) is 0 Å². The molecule has 80 valence electrons. The first-order valence-electron chi connectivity index (χ1n) is 4.40. The average molecular weight is 202 g/mol. The van der Waals surface area contributed by atoms with Gasteiger partial charge in [-0.3, -0.25) is 14.4 Å². The van der Waals surface area contributed by atoms with Crippen LogP contribution in [0.25, 0.3) is 0 Å². The normalized spacial score (nSPS) is 9.71. The van der Waals surface area contributed by atoms with Crippen molar-refractivity contribution in [3.05, 3.63) is 0 Å². The summed E-state index contributed by atoms with van der Waals surface area (Å²) in [5.41, 5.74) is 0. The van der Waals surface area contributed by atoms with Gasteiger partial charge in [-0.1, -0.05) is 13.8 Å². The highest BCUT2D eigenvalue weighted by Gasteiger charge is 2.21. The summed E-state index contributed by atoms with van der Waals surface area (Å²) in [5, 5.41) is 0. The molecule has 0 rings (SSSR count). The molecule has 0 aromatic heterocycles. The maximum Gasteiger partial charge on any atom is 0.308 e. The Hall–Kier alpha value is -1.39. The third kappa shape index (κ3) is 4.59. The summed E-state index contributed by atoms with van der Waals surface area (Å²) in [6.45, 7) is 4.36. The van der Waals surface area contributed by atoms with Gasteiger partial charge in [0.05, 0.1) is 0 Å². The number of hydrogen-bond donors (Lipinski definition) is 0. The van der Waals surface area contributed by atoms with E-state index in [-0.39, 0.29) is 12.8 Å². The lowest BCUT2D eigenvalue weighted by Crippen LogP contribution is -2.30. The molecule has 0 aromatic rings. The van der Waals surface area contributed by atoms with Gasteiger partial charge in [0, 0.05) is 19.8 Å². The number of hydrogen-bond acceptors (Lipinski definition) is 5. The number of ether oxygens (including phenoxy) is 2. The van der Waals surface area contributed by atoms with Crippen molar-refractivity contribution in [2.24, 2.45) is 0 Å². The Labute approximate surface area is 82.4 Å². The molecule has 0 atom stereocenters. The molecule has 5 heteroatoms. The highest BCUT2D eigenvalue weighted by molar-refractivity contribution is 5.84. The lowest BCUT2D eigenvalue weighted by molar-refractivity contribution is -0.190. The second-order valence-electron chi connectivity index (χ2n) is 2.63. The molecule has 14 heavy (non-hydrogen) atoms. The van der Waals surface area contributed by atoms with Gasteiger partial charge in [0.25, 0.3) is 0 Å². The minimum atomic E-state index is -1.39. The minimum Gasteiger partial charge on any atom is -0.417 e. The van der Waals surface area contributed by atoms with E-state index in [1.54, 1.807) is 13.8 Å². The van der Waals surface area contributed by atoms with E-state index in [0.717, 1.165) is 0 Å². The number of carbonyl (C=O) groups is 3. The molecule has 0 saturated carbocycles. The van der Waals surface area contributed by atoms with Gasteiger partial charge in [-0.05, 0) is 0 Å². The van der Waals surface area contributed by atoms with Crippen molar-refractivity contribution in [3.8, 4) is 0 Å². The number of Topliss-reactive ketones (excluding diaryl/α,β-unsaturated/α-hetero) is 1. The standard InChI is InChI=1S/C9H14O5/c1-4-7(11)13-9(6(3)10)14-8(12)5-2/h9H,4-5H2,1-3H3. The van der Waals surface area contributed by atoms with Crippen molar-refractivity contribution < 1.29 is 23.9 Å². The van der Waals surface area contributed by atoms with Gasteiger partial charge in [0.15, 0.2) is 0 Å². The fraction of sp³-hybridized carbons (Fsp3) is 0.667. The summed E-state index contributed by atoms with van der Waals surface area (Å²) in [6, 6.07) is 0. The lowest BCUT2D eigenvalue weighted by Gasteiger charge is -2.14. The number of esters is 2. The van der Waals surface area contributed by atoms with Gasteiger partial charge in [-0.25, -0.2) is 0 Å². The summed E-state index contributed by atoms with van der Waals surface area (Å²) in [6.07, 6.45) is -1.13. The van der Waals surface area contributed by atoms with Gasteiger partial charge < -0.3 is 9.47 Å². The fourth-order valence-corrected chi connectivity index (χ4v) is 0.595. The van der Waals surface area contributed by atoms with Crippen LogP contribution in [0.5, 0.6) is 0 Å². The van der Waals surface area contributed by atoms with E-state index in [1.165, 1.54) is 6.92 Å². The Morgan fingerprint density at radius 3 is 1.57 bits per heavy atom. The van der Waals surface area contributed by atoms with Crippen LogP contribution >= 0.6 is 0 Å². The molecule has 0 aliphatic heterocycles. The number of ketones is 1. The first-order valence-corrected chi connectivity index (χ1v) is 4.40. The largest absolute Gasteiger partial charge is 0.417 e. The molecule has 0 fully saturated rings. The molecule has 0 aromatic carbocycles. The monoisotopic (exact) mass is 202 g/mol. The van der Waals surface area contributed by atoms with Crippen LogP contribution in [0.15, 0.2) is 0 Å². The summed E-state index contributed by atoms with van der Waals surface area (Å²) >= 11 is 0. The fourth-order valence-electron chi connectivity index (χ4n) is 0.595. The smallest absolute Gasteiger partial charge is 0.308 e. The first-order chi connectivity index (χ1) is 6.51. The number of carbonyl (C=O) groups excluding carboxylic acids is 3. The van der Waals surface area contributed by atoms with E-state index in [9.17, 15) is 14.4 Å². The zero-order valence-corrected chi connectivity index (χ0v) is 8.53. The molecule has 0 radical (unpaired) electrons. The van der Waals surface area contributed by atoms with Crippen molar-refractivity contribution in [1.29, 1.82) is 0 Å². The van der Waals surface area contributed by atoms with Crippen LogP contribution in [0, 0.1) is 0 Å². The third-order valence-corrected chi connectivity index (χ3v) is 1.39. The maximum absolute atomic E-state index is 10.9. The molecule has 0 unspecified atom stereocenters. The van der Waals surface area contributed by atoms with Crippen molar-refractivity contribution in [2.75, 3.05) is 0 Å². The van der Waals surface area contributed by atoms with E-state index in [2.05, 4.69) is 9.47 Å². The van der Waals surface area contributed by atoms with Crippen molar-refractivity contribution >= 4 is 17.7 Å². The van der Waals surface area contributed by atoms with Crippen LogP contribution in [-0.4, -0.2) is 24.0 Å². The van der Waals surface area contributed by atoms with Crippen LogP contribution < -0.4 is 0 Å². The molecular weight excluding hydrogens is 188 g/mol. The number of rotatable bonds is 5. The second kappa shape index (κ2) is 6.12. The molecule has 0 aliphatic carbocycles. The van der Waals surface area contributed by atoms with Crippen molar-refractivity contribution in [1.82, 2.24) is 0 Å². The van der Waals surface area contributed by atoms with E-state index in [4.69, 9.17) is 0 Å². The molecule has 0 aliphatic rings. The highest BCUT2D eigenvalue weighted by atomic mass is 16.7. The minimum absolute atomic E-state index is 0.132. The van der Waals surface area contributed by atoms with E-state index >= 15 is 0 Å². The van der Waals surface area contributed by atoms with Gasteiger partial charge in [-0.15, -0.1) is 0 Å². The van der Waals surface area contributed by atoms with E-state index in [0.29, 0.717) is 0 Å². The molecule has 0 bridgehead atoms. The van der Waals surface area contributed by atoms with E-state index < -0.39 is 24.0 Å². The summed E-state index contributed by atoms with van der Waals surface area (Å²) in [7, 11) is 0. The first kappa shape index (κ1) is 12.6. The molecule has 0 amide bonds. The Kier molecular flexibility index (Phi) is 5.52. The summed E-state index contributed by atoms with van der Waals surface area (Å²) < 4.78 is 9.20. The van der Waals surface area contributed by atoms with Crippen LogP contribution in [0.3, 0.4) is 0 Å². The molecule has 0 saturated heterocycles.